The number of ether oxygens (including phenoxy) is 3. The van der Waals surface area contributed by atoms with Crippen LogP contribution in [0.2, 0.25) is 0 Å². The molecule has 0 bridgehead atoms. The van der Waals surface area contributed by atoms with E-state index >= 15 is 0 Å². The second-order valence-corrected chi connectivity index (χ2v) is 8.92. The molecule has 0 aromatic heterocycles. The van der Waals surface area contributed by atoms with Gasteiger partial charge < -0.3 is 14.2 Å². The Morgan fingerprint density at radius 3 is 2.35 bits per heavy atom. The highest BCUT2D eigenvalue weighted by Gasteiger charge is 2.64. The quantitative estimate of drug-likeness (QED) is 0.286. The lowest BCUT2D eigenvalue weighted by atomic mass is 9.77. The fraction of sp³-hybridized carbons (Fsp3) is 0.560. The average Bonchev–Trinajstić information content (AvgIpc) is 3.19. The Hall–Kier alpha value is -2.63. The van der Waals surface area contributed by atoms with Crippen LogP contribution in [-0.4, -0.2) is 35.7 Å². The van der Waals surface area contributed by atoms with Crippen LogP contribution in [0.25, 0.3) is 0 Å². The van der Waals surface area contributed by atoms with Gasteiger partial charge in [0.15, 0.2) is 0 Å². The van der Waals surface area contributed by atoms with Gasteiger partial charge in [0, 0.05) is 23.5 Å². The highest BCUT2D eigenvalue weighted by atomic mass is 16.6. The zero-order valence-corrected chi connectivity index (χ0v) is 19.4. The molecule has 0 aromatic carbocycles. The molecule has 1 heterocycles. The summed E-state index contributed by atoms with van der Waals surface area (Å²) in [7, 11) is 0. The van der Waals surface area contributed by atoms with Crippen LogP contribution in [0.5, 0.6) is 0 Å². The molecule has 6 heteroatoms. The molecule has 2 aliphatic carbocycles. The molecule has 3 aliphatic rings. The maximum atomic E-state index is 13.1. The van der Waals surface area contributed by atoms with E-state index in [0.29, 0.717) is 17.6 Å². The molecular weight excluding hydrogens is 396 g/mol. The largest absolute Gasteiger partial charge is 0.458 e. The van der Waals surface area contributed by atoms with E-state index in [1.54, 1.807) is 46.8 Å². The number of allylic oxidation sites excluding steroid dienone is 3. The van der Waals surface area contributed by atoms with Gasteiger partial charge in [-0.05, 0) is 54.9 Å². The SMILES string of the molecule is C/C=C(/C)C(=O)O[C@H]1CC(C)=C2CC=C(C)[C@@H]2[C@@H]2OC(=O)[C@@](C)(OC(=O)/C(C)=C\C)[C@@H]21. The van der Waals surface area contributed by atoms with Crippen molar-refractivity contribution in [1.82, 2.24) is 0 Å². The van der Waals surface area contributed by atoms with Crippen LogP contribution in [-0.2, 0) is 28.6 Å². The van der Waals surface area contributed by atoms with E-state index in [4.69, 9.17) is 14.2 Å². The summed E-state index contributed by atoms with van der Waals surface area (Å²) in [5, 5.41) is 0. The molecular formula is C25H32O6. The van der Waals surface area contributed by atoms with Crippen LogP contribution in [0, 0.1) is 11.8 Å². The van der Waals surface area contributed by atoms with Crippen LogP contribution in [0.15, 0.2) is 46.1 Å². The molecule has 31 heavy (non-hydrogen) atoms. The Balaban J connectivity index is 2.08. The molecule has 6 nitrogen and oxygen atoms in total. The molecule has 1 saturated heterocycles. The maximum Gasteiger partial charge on any atom is 0.351 e. The van der Waals surface area contributed by atoms with Gasteiger partial charge in [0.05, 0.1) is 5.92 Å². The molecule has 0 saturated carbocycles. The van der Waals surface area contributed by atoms with Gasteiger partial charge in [0.1, 0.15) is 12.2 Å². The summed E-state index contributed by atoms with van der Waals surface area (Å²) in [4.78, 5) is 38.4. The first-order valence-corrected chi connectivity index (χ1v) is 10.8. The third-order valence-electron chi connectivity index (χ3n) is 7.01. The molecule has 0 aromatic rings. The smallest absolute Gasteiger partial charge is 0.351 e. The standard InChI is InChI=1S/C25H32O6/c1-8-13(3)22(26)29-18-12-16(6)17-11-10-15(5)19(17)21-20(18)25(7,24(28)30-21)31-23(27)14(4)9-2/h8-10,18-21H,11-12H2,1-7H3/b13-8-,14-9-/t18-,19-,20+,21-,25-/m0/s1. The Bertz CT molecular complexity index is 934. The Labute approximate surface area is 184 Å². The monoisotopic (exact) mass is 428 g/mol. The lowest BCUT2D eigenvalue weighted by Gasteiger charge is -2.35. The van der Waals surface area contributed by atoms with Crippen molar-refractivity contribution in [1.29, 1.82) is 0 Å². The lowest BCUT2D eigenvalue weighted by Crippen LogP contribution is -2.50. The van der Waals surface area contributed by atoms with Gasteiger partial charge in [-0.1, -0.05) is 34.9 Å². The Kier molecular flexibility index (Phi) is 6.30. The van der Waals surface area contributed by atoms with E-state index in [1.165, 1.54) is 5.57 Å². The highest BCUT2D eigenvalue weighted by molar-refractivity contribution is 5.92. The van der Waals surface area contributed by atoms with Crippen molar-refractivity contribution >= 4 is 17.9 Å². The molecule has 0 amide bonds. The summed E-state index contributed by atoms with van der Waals surface area (Å²) in [6.07, 6.45) is 5.50. The number of hydrogen-bond donors (Lipinski definition) is 0. The first kappa shape index (κ1) is 23.0. The second kappa shape index (κ2) is 8.48. The van der Waals surface area contributed by atoms with Crippen molar-refractivity contribution in [2.75, 3.05) is 0 Å². The van der Waals surface area contributed by atoms with E-state index in [1.807, 2.05) is 13.8 Å². The van der Waals surface area contributed by atoms with Crippen molar-refractivity contribution < 1.29 is 28.6 Å². The fourth-order valence-corrected chi connectivity index (χ4v) is 4.83. The number of fused-ring (bicyclic) bond motifs is 3. The van der Waals surface area contributed by atoms with Gasteiger partial charge in [0.2, 0.25) is 5.60 Å². The van der Waals surface area contributed by atoms with Gasteiger partial charge in [0.25, 0.3) is 0 Å². The predicted octanol–water partition coefficient (Wildman–Crippen LogP) is 4.36. The molecule has 0 spiro atoms. The van der Waals surface area contributed by atoms with E-state index in [9.17, 15) is 14.4 Å². The third kappa shape index (κ3) is 3.88. The van der Waals surface area contributed by atoms with Crippen LogP contribution >= 0.6 is 0 Å². The molecule has 5 atom stereocenters. The number of carbonyl (C=O) groups excluding carboxylic acids is 3. The van der Waals surface area contributed by atoms with Gasteiger partial charge in [-0.25, -0.2) is 14.4 Å². The van der Waals surface area contributed by atoms with Gasteiger partial charge in [-0.15, -0.1) is 0 Å². The van der Waals surface area contributed by atoms with Crippen molar-refractivity contribution in [2.45, 2.75) is 79.1 Å². The maximum absolute atomic E-state index is 13.1. The Morgan fingerprint density at radius 2 is 1.74 bits per heavy atom. The number of rotatable bonds is 4. The van der Waals surface area contributed by atoms with Gasteiger partial charge >= 0.3 is 17.9 Å². The summed E-state index contributed by atoms with van der Waals surface area (Å²) in [5.74, 6) is -2.33. The first-order chi connectivity index (χ1) is 14.5. The zero-order valence-electron chi connectivity index (χ0n) is 19.4. The molecule has 0 radical (unpaired) electrons. The van der Waals surface area contributed by atoms with Crippen molar-refractivity contribution in [2.24, 2.45) is 11.8 Å². The van der Waals surface area contributed by atoms with E-state index < -0.39 is 41.6 Å². The highest BCUT2D eigenvalue weighted by Crippen LogP contribution is 2.52. The minimum Gasteiger partial charge on any atom is -0.458 e. The van der Waals surface area contributed by atoms with Gasteiger partial charge in [-0.3, -0.25) is 0 Å². The zero-order chi connectivity index (χ0) is 23.1. The molecule has 3 rings (SSSR count). The molecule has 1 aliphatic heterocycles. The molecule has 0 N–H and O–H groups in total. The minimum atomic E-state index is -1.56. The van der Waals surface area contributed by atoms with E-state index in [0.717, 1.165) is 17.6 Å². The number of esters is 3. The first-order valence-electron chi connectivity index (χ1n) is 10.8. The van der Waals surface area contributed by atoms with E-state index in [-0.39, 0.29) is 5.92 Å². The summed E-state index contributed by atoms with van der Waals surface area (Å²) >= 11 is 0. The summed E-state index contributed by atoms with van der Waals surface area (Å²) < 4.78 is 17.6. The van der Waals surface area contributed by atoms with Crippen molar-refractivity contribution in [3.8, 4) is 0 Å². The summed E-state index contributed by atoms with van der Waals surface area (Å²) in [5.41, 5.74) is 2.76. The number of carbonyl (C=O) groups is 3. The topological polar surface area (TPSA) is 78.9 Å². The molecule has 0 unspecified atom stereocenters. The summed E-state index contributed by atoms with van der Waals surface area (Å²) in [6.45, 7) is 12.5. The van der Waals surface area contributed by atoms with Crippen LogP contribution in [0.4, 0.5) is 0 Å². The molecule has 168 valence electrons. The van der Waals surface area contributed by atoms with Crippen LogP contribution < -0.4 is 0 Å². The predicted molar refractivity (Wildman–Crippen MR) is 116 cm³/mol. The Morgan fingerprint density at radius 1 is 1.13 bits per heavy atom. The van der Waals surface area contributed by atoms with Crippen molar-refractivity contribution in [3.63, 3.8) is 0 Å². The van der Waals surface area contributed by atoms with Crippen LogP contribution in [0.1, 0.15) is 61.3 Å². The number of hydrogen-bond acceptors (Lipinski definition) is 6. The fourth-order valence-electron chi connectivity index (χ4n) is 4.83. The van der Waals surface area contributed by atoms with Crippen molar-refractivity contribution in [3.05, 3.63) is 46.1 Å². The lowest BCUT2D eigenvalue weighted by molar-refractivity contribution is -0.175. The van der Waals surface area contributed by atoms with Gasteiger partial charge in [-0.2, -0.15) is 0 Å². The van der Waals surface area contributed by atoms with Crippen LogP contribution in [0.3, 0.4) is 0 Å². The normalized spacial score (nSPS) is 33.3. The average molecular weight is 429 g/mol. The second-order valence-electron chi connectivity index (χ2n) is 8.92. The molecule has 1 fully saturated rings. The minimum absolute atomic E-state index is 0.0937. The summed E-state index contributed by atoms with van der Waals surface area (Å²) in [6, 6.07) is 0. The van der Waals surface area contributed by atoms with E-state index in [2.05, 4.69) is 6.08 Å². The third-order valence-corrected chi connectivity index (χ3v) is 7.01.